The lowest BCUT2D eigenvalue weighted by Gasteiger charge is -2.34. The van der Waals surface area contributed by atoms with Gasteiger partial charge in [0.2, 0.25) is 0 Å². The molecule has 1 aliphatic heterocycles. The fourth-order valence-corrected chi connectivity index (χ4v) is 4.26. The Labute approximate surface area is 199 Å². The van der Waals surface area contributed by atoms with Crippen LogP contribution >= 0.6 is 35.3 Å². The number of morpholine rings is 1. The van der Waals surface area contributed by atoms with Crippen molar-refractivity contribution in [3.8, 4) is 0 Å². The minimum Gasteiger partial charge on any atom is -0.379 e. The summed E-state index contributed by atoms with van der Waals surface area (Å²) in [4.78, 5) is 9.87. The van der Waals surface area contributed by atoms with E-state index in [1.165, 1.54) is 4.88 Å². The van der Waals surface area contributed by atoms with Gasteiger partial charge in [-0.3, -0.25) is 9.89 Å². The molecule has 0 saturated carbocycles. The molecule has 1 aliphatic rings. The zero-order valence-corrected chi connectivity index (χ0v) is 20.9. The van der Waals surface area contributed by atoms with Crippen LogP contribution in [0.5, 0.6) is 0 Å². The van der Waals surface area contributed by atoms with Crippen LogP contribution in [0.1, 0.15) is 16.5 Å². The van der Waals surface area contributed by atoms with Crippen molar-refractivity contribution in [1.29, 1.82) is 0 Å². The van der Waals surface area contributed by atoms with Crippen LogP contribution in [0.4, 0.5) is 10.1 Å². The Balaban J connectivity index is 0.00000320. The van der Waals surface area contributed by atoms with Crippen LogP contribution in [0, 0.1) is 5.82 Å². The average Bonchev–Trinajstić information content (AvgIpc) is 3.25. The minimum atomic E-state index is -0.220. The molecule has 2 heterocycles. The first-order valence-corrected chi connectivity index (χ1v) is 10.7. The van der Waals surface area contributed by atoms with Crippen LogP contribution in [0.3, 0.4) is 0 Å². The number of guanidine groups is 1. The first-order valence-electron chi connectivity index (χ1n) is 9.84. The molecule has 1 aromatic heterocycles. The van der Waals surface area contributed by atoms with E-state index in [4.69, 9.17) is 4.74 Å². The predicted octanol–water partition coefficient (Wildman–Crippen LogP) is 3.31. The molecule has 0 amide bonds. The van der Waals surface area contributed by atoms with Crippen molar-refractivity contribution in [2.75, 3.05) is 58.9 Å². The zero-order valence-electron chi connectivity index (χ0n) is 17.7. The highest BCUT2D eigenvalue weighted by atomic mass is 127. The van der Waals surface area contributed by atoms with Gasteiger partial charge in [0, 0.05) is 52.2 Å². The molecule has 1 atom stereocenters. The van der Waals surface area contributed by atoms with Gasteiger partial charge in [0.05, 0.1) is 24.9 Å². The molecule has 0 aliphatic carbocycles. The molecule has 1 unspecified atom stereocenters. The second-order valence-electron chi connectivity index (χ2n) is 7.17. The van der Waals surface area contributed by atoms with Crippen molar-refractivity contribution in [2.24, 2.45) is 4.99 Å². The summed E-state index contributed by atoms with van der Waals surface area (Å²) in [5, 5.41) is 8.83. The summed E-state index contributed by atoms with van der Waals surface area (Å²) < 4.78 is 19.7. The SMILES string of the molecule is CN=C(NCc1ccc(N(C)C)c(F)c1)NCC(c1cccs1)N1CCOCC1.I. The van der Waals surface area contributed by atoms with Crippen molar-refractivity contribution in [3.05, 3.63) is 52.0 Å². The first-order chi connectivity index (χ1) is 14.1. The van der Waals surface area contributed by atoms with E-state index < -0.39 is 0 Å². The quantitative estimate of drug-likeness (QED) is 0.317. The Hall–Kier alpha value is -1.43. The van der Waals surface area contributed by atoms with Crippen LogP contribution in [0.15, 0.2) is 40.7 Å². The van der Waals surface area contributed by atoms with E-state index in [2.05, 4.69) is 38.0 Å². The Bertz CT molecular complexity index is 797. The van der Waals surface area contributed by atoms with Crippen molar-refractivity contribution in [1.82, 2.24) is 15.5 Å². The number of nitrogens with zero attached hydrogens (tertiary/aromatic N) is 3. The third kappa shape index (κ3) is 6.79. The van der Waals surface area contributed by atoms with Gasteiger partial charge in [-0.25, -0.2) is 4.39 Å². The third-order valence-corrected chi connectivity index (χ3v) is 5.97. The second kappa shape index (κ2) is 12.4. The molecular weight excluding hydrogens is 516 g/mol. The standard InChI is InChI=1S/C21H30FN5OS.HI/c1-23-21(24-14-16-6-7-18(26(2)3)17(22)13-16)25-15-19(20-5-4-12-29-20)27-8-10-28-11-9-27;/h4-7,12-13,19H,8-11,14-15H2,1-3H3,(H2,23,24,25);1H. The van der Waals surface area contributed by atoms with E-state index in [0.717, 1.165) is 38.4 Å². The van der Waals surface area contributed by atoms with E-state index in [0.29, 0.717) is 18.2 Å². The molecule has 2 aromatic rings. The van der Waals surface area contributed by atoms with Crippen molar-refractivity contribution < 1.29 is 9.13 Å². The summed E-state index contributed by atoms with van der Waals surface area (Å²) in [6.07, 6.45) is 0. The Kier molecular flexibility index (Phi) is 10.3. The van der Waals surface area contributed by atoms with Gasteiger partial charge in [-0.1, -0.05) is 12.1 Å². The molecule has 2 N–H and O–H groups in total. The van der Waals surface area contributed by atoms with E-state index in [1.54, 1.807) is 35.4 Å². The summed E-state index contributed by atoms with van der Waals surface area (Å²) in [7, 11) is 5.42. The van der Waals surface area contributed by atoms with Crippen molar-refractivity contribution in [2.45, 2.75) is 12.6 Å². The molecule has 0 bridgehead atoms. The van der Waals surface area contributed by atoms with Gasteiger partial charge in [-0.15, -0.1) is 35.3 Å². The Morgan fingerprint density at radius 3 is 2.63 bits per heavy atom. The van der Waals surface area contributed by atoms with Crippen molar-refractivity contribution in [3.63, 3.8) is 0 Å². The maximum Gasteiger partial charge on any atom is 0.191 e. The molecule has 30 heavy (non-hydrogen) atoms. The number of anilines is 1. The predicted molar refractivity (Wildman–Crippen MR) is 134 cm³/mol. The molecule has 0 radical (unpaired) electrons. The number of nitrogens with one attached hydrogen (secondary N) is 2. The number of thiophene rings is 1. The first kappa shape index (κ1) is 24.8. The van der Waals surface area contributed by atoms with Crippen LogP contribution in [-0.4, -0.2) is 64.9 Å². The van der Waals surface area contributed by atoms with Crippen LogP contribution in [-0.2, 0) is 11.3 Å². The maximum absolute atomic E-state index is 14.2. The minimum absolute atomic E-state index is 0. The zero-order chi connectivity index (χ0) is 20.6. The number of ether oxygens (including phenoxy) is 1. The monoisotopic (exact) mass is 547 g/mol. The van der Waals surface area contributed by atoms with Gasteiger partial charge in [0.1, 0.15) is 5.82 Å². The number of benzene rings is 1. The normalized spacial score (nSPS) is 15.9. The summed E-state index contributed by atoms with van der Waals surface area (Å²) in [5.41, 5.74) is 1.46. The fourth-order valence-electron chi connectivity index (χ4n) is 3.40. The van der Waals surface area contributed by atoms with Gasteiger partial charge in [-0.2, -0.15) is 0 Å². The van der Waals surface area contributed by atoms with E-state index in [1.807, 2.05) is 20.2 Å². The molecule has 9 heteroatoms. The highest BCUT2D eigenvalue weighted by molar-refractivity contribution is 14.0. The van der Waals surface area contributed by atoms with E-state index in [9.17, 15) is 4.39 Å². The molecule has 1 aromatic carbocycles. The van der Waals surface area contributed by atoms with Gasteiger partial charge in [-0.05, 0) is 29.1 Å². The largest absolute Gasteiger partial charge is 0.379 e. The smallest absolute Gasteiger partial charge is 0.191 e. The van der Waals surface area contributed by atoms with Gasteiger partial charge >= 0.3 is 0 Å². The molecule has 166 valence electrons. The van der Waals surface area contributed by atoms with Gasteiger partial charge in [0.25, 0.3) is 0 Å². The highest BCUT2D eigenvalue weighted by Crippen LogP contribution is 2.25. The third-order valence-electron chi connectivity index (χ3n) is 5.00. The number of halogens is 2. The number of hydrogen-bond donors (Lipinski definition) is 2. The maximum atomic E-state index is 14.2. The molecule has 6 nitrogen and oxygen atoms in total. The molecule has 1 fully saturated rings. The number of aliphatic imine (C=N–C) groups is 1. The summed E-state index contributed by atoms with van der Waals surface area (Å²) in [5.74, 6) is 0.485. The summed E-state index contributed by atoms with van der Waals surface area (Å²) in [6.45, 7) is 4.63. The fraction of sp³-hybridized carbons (Fsp3) is 0.476. The average molecular weight is 547 g/mol. The van der Waals surface area contributed by atoms with Crippen LogP contribution in [0.2, 0.25) is 0 Å². The molecule has 3 rings (SSSR count). The number of hydrogen-bond acceptors (Lipinski definition) is 5. The summed E-state index contributed by atoms with van der Waals surface area (Å²) >= 11 is 1.77. The van der Waals surface area contributed by atoms with Crippen molar-refractivity contribution >= 4 is 47.0 Å². The van der Waals surface area contributed by atoms with E-state index in [-0.39, 0.29) is 35.8 Å². The Morgan fingerprint density at radius 2 is 2.03 bits per heavy atom. The highest BCUT2D eigenvalue weighted by Gasteiger charge is 2.23. The van der Waals surface area contributed by atoms with E-state index >= 15 is 0 Å². The molecule has 0 spiro atoms. The molecule has 1 saturated heterocycles. The van der Waals surface area contributed by atoms with Crippen LogP contribution < -0.4 is 15.5 Å². The second-order valence-corrected chi connectivity index (χ2v) is 8.15. The van der Waals surface area contributed by atoms with Gasteiger partial charge < -0.3 is 20.3 Å². The lowest BCUT2D eigenvalue weighted by atomic mass is 10.2. The van der Waals surface area contributed by atoms with Crippen LogP contribution in [0.25, 0.3) is 0 Å². The number of rotatable bonds is 7. The molecular formula is C21H31FIN5OS. The lowest BCUT2D eigenvalue weighted by Crippen LogP contribution is -2.46. The summed E-state index contributed by atoms with van der Waals surface area (Å²) in [6, 6.07) is 9.84. The van der Waals surface area contributed by atoms with Gasteiger partial charge in [0.15, 0.2) is 5.96 Å². The Morgan fingerprint density at radius 1 is 1.27 bits per heavy atom. The topological polar surface area (TPSA) is 52.1 Å². The lowest BCUT2D eigenvalue weighted by molar-refractivity contribution is 0.0177.